The maximum absolute atomic E-state index is 8.82. The van der Waals surface area contributed by atoms with E-state index in [2.05, 4.69) is 20.9 Å². The Morgan fingerprint density at radius 2 is 2.42 bits per heavy atom. The normalized spacial score (nSPS) is 10.0. The molecule has 0 aliphatic heterocycles. The number of ether oxygens (including phenoxy) is 1. The van der Waals surface area contributed by atoms with Crippen molar-refractivity contribution in [3.63, 3.8) is 0 Å². The van der Waals surface area contributed by atoms with Crippen LogP contribution in [-0.2, 0) is 6.61 Å². The van der Waals surface area contributed by atoms with Crippen molar-refractivity contribution in [2.24, 2.45) is 0 Å². The van der Waals surface area contributed by atoms with Gasteiger partial charge in [0.15, 0.2) is 0 Å². The van der Waals surface area contributed by atoms with Crippen LogP contribution < -0.4 is 4.74 Å². The Balaban J connectivity index is 3.16. The molecule has 5 heteroatoms. The molecule has 1 aromatic rings. The molecule has 0 aliphatic rings. The Morgan fingerprint density at radius 3 is 2.92 bits per heavy atom. The van der Waals surface area contributed by atoms with Crippen molar-refractivity contribution in [3.05, 3.63) is 21.3 Å². The lowest BCUT2D eigenvalue weighted by molar-refractivity contribution is 0.281. The molecule has 1 rings (SSSR count). The summed E-state index contributed by atoms with van der Waals surface area (Å²) in [5.74, 6) is 0.414. The summed E-state index contributed by atoms with van der Waals surface area (Å²) in [6, 6.07) is 1.67. The van der Waals surface area contributed by atoms with Gasteiger partial charge in [0, 0.05) is 5.56 Å². The first-order chi connectivity index (χ1) is 5.69. The monoisotopic (exact) mass is 251 g/mol. The Hall–Kier alpha value is -0.320. The van der Waals surface area contributed by atoms with Gasteiger partial charge in [-0.15, -0.1) is 0 Å². The molecule has 0 bridgehead atoms. The van der Waals surface area contributed by atoms with Crippen molar-refractivity contribution < 1.29 is 9.84 Å². The van der Waals surface area contributed by atoms with E-state index in [0.29, 0.717) is 15.9 Å². The molecule has 0 atom stereocenters. The van der Waals surface area contributed by atoms with Gasteiger partial charge in [-0.05, 0) is 22.0 Å². The topological polar surface area (TPSA) is 42.4 Å². The quantitative estimate of drug-likeness (QED) is 0.819. The summed E-state index contributed by atoms with van der Waals surface area (Å²) in [7, 11) is 1.50. The van der Waals surface area contributed by atoms with Gasteiger partial charge in [0.25, 0.3) is 0 Å². The summed E-state index contributed by atoms with van der Waals surface area (Å²) in [4.78, 5) is 3.90. The average Bonchev–Trinajstić information content (AvgIpc) is 2.08. The second kappa shape index (κ2) is 4.07. The van der Waals surface area contributed by atoms with E-state index in [1.54, 1.807) is 6.07 Å². The first kappa shape index (κ1) is 9.77. The zero-order valence-electron chi connectivity index (χ0n) is 6.34. The molecular formula is C7H7BrClNO2. The molecule has 1 aromatic heterocycles. The third-order valence-electron chi connectivity index (χ3n) is 1.33. The number of pyridine rings is 1. The largest absolute Gasteiger partial charge is 0.480 e. The van der Waals surface area contributed by atoms with E-state index in [-0.39, 0.29) is 11.8 Å². The molecule has 0 aromatic carbocycles. The molecular weight excluding hydrogens is 245 g/mol. The van der Waals surface area contributed by atoms with Gasteiger partial charge in [-0.2, -0.15) is 0 Å². The molecule has 1 heterocycles. The Kier molecular flexibility index (Phi) is 3.31. The van der Waals surface area contributed by atoms with Crippen molar-refractivity contribution in [3.8, 4) is 5.88 Å². The number of aromatic nitrogens is 1. The van der Waals surface area contributed by atoms with Crippen LogP contribution in [0.25, 0.3) is 0 Å². The highest BCUT2D eigenvalue weighted by atomic mass is 79.9. The van der Waals surface area contributed by atoms with Crippen LogP contribution in [0.2, 0.25) is 5.15 Å². The lowest BCUT2D eigenvalue weighted by Gasteiger charge is -2.05. The zero-order valence-corrected chi connectivity index (χ0v) is 8.68. The van der Waals surface area contributed by atoms with Gasteiger partial charge < -0.3 is 9.84 Å². The van der Waals surface area contributed by atoms with E-state index in [9.17, 15) is 0 Å². The van der Waals surface area contributed by atoms with E-state index >= 15 is 0 Å². The molecule has 0 saturated heterocycles. The predicted molar refractivity (Wildman–Crippen MR) is 49.4 cm³/mol. The number of aliphatic hydroxyl groups is 1. The van der Waals surface area contributed by atoms with E-state index in [1.807, 2.05) is 0 Å². The van der Waals surface area contributed by atoms with Crippen LogP contribution in [0.1, 0.15) is 5.56 Å². The summed E-state index contributed by atoms with van der Waals surface area (Å²) in [5.41, 5.74) is 0.573. The highest BCUT2D eigenvalue weighted by Crippen LogP contribution is 2.27. The number of methoxy groups -OCH3 is 1. The van der Waals surface area contributed by atoms with Gasteiger partial charge in [-0.3, -0.25) is 0 Å². The lowest BCUT2D eigenvalue weighted by Crippen LogP contribution is -1.94. The van der Waals surface area contributed by atoms with Crippen LogP contribution in [0.4, 0.5) is 0 Å². The summed E-state index contributed by atoms with van der Waals surface area (Å²) in [5, 5.41) is 9.08. The van der Waals surface area contributed by atoms with Gasteiger partial charge in [-0.1, -0.05) is 11.6 Å². The fraction of sp³-hybridized carbons (Fsp3) is 0.286. The molecule has 1 N–H and O–H groups in total. The number of aliphatic hydroxyl groups excluding tert-OH is 1. The summed E-state index contributed by atoms with van der Waals surface area (Å²) >= 11 is 8.93. The van der Waals surface area contributed by atoms with Crippen molar-refractivity contribution in [2.75, 3.05) is 7.11 Å². The molecule has 66 valence electrons. The van der Waals surface area contributed by atoms with Gasteiger partial charge in [0.1, 0.15) is 5.15 Å². The van der Waals surface area contributed by atoms with Crippen LogP contribution in [0, 0.1) is 0 Å². The van der Waals surface area contributed by atoms with E-state index < -0.39 is 0 Å². The molecule has 0 saturated carbocycles. The van der Waals surface area contributed by atoms with Crippen LogP contribution in [-0.4, -0.2) is 17.2 Å². The van der Waals surface area contributed by atoms with Gasteiger partial charge in [-0.25, -0.2) is 4.98 Å². The fourth-order valence-electron chi connectivity index (χ4n) is 0.743. The Morgan fingerprint density at radius 1 is 1.75 bits per heavy atom. The minimum atomic E-state index is -0.131. The molecule has 0 radical (unpaired) electrons. The van der Waals surface area contributed by atoms with E-state index in [4.69, 9.17) is 21.4 Å². The third-order valence-corrected chi connectivity index (χ3v) is 2.23. The molecule has 0 spiro atoms. The average molecular weight is 252 g/mol. The minimum Gasteiger partial charge on any atom is -0.480 e. The highest BCUT2D eigenvalue weighted by molar-refractivity contribution is 9.10. The van der Waals surface area contributed by atoms with Gasteiger partial charge >= 0.3 is 0 Å². The van der Waals surface area contributed by atoms with Gasteiger partial charge in [0.2, 0.25) is 5.88 Å². The van der Waals surface area contributed by atoms with Crippen LogP contribution in [0.5, 0.6) is 5.88 Å². The Bertz CT molecular complexity index is 263. The maximum atomic E-state index is 8.82. The first-order valence-corrected chi connectivity index (χ1v) is 4.36. The first-order valence-electron chi connectivity index (χ1n) is 3.18. The predicted octanol–water partition coefficient (Wildman–Crippen LogP) is 2.00. The number of hydrogen-bond acceptors (Lipinski definition) is 3. The van der Waals surface area contributed by atoms with Crippen molar-refractivity contribution in [2.45, 2.75) is 6.61 Å². The maximum Gasteiger partial charge on any atom is 0.229 e. The summed E-state index contributed by atoms with van der Waals surface area (Å²) in [6.07, 6.45) is 0. The molecule has 0 unspecified atom stereocenters. The van der Waals surface area contributed by atoms with Crippen molar-refractivity contribution in [1.29, 1.82) is 0 Å². The molecule has 0 fully saturated rings. The Labute approximate surface area is 83.5 Å². The van der Waals surface area contributed by atoms with Crippen LogP contribution >= 0.6 is 27.5 Å². The summed E-state index contributed by atoms with van der Waals surface area (Å²) < 4.78 is 5.58. The SMILES string of the molecule is COc1nc(Cl)c(CO)cc1Br. The van der Waals surface area contributed by atoms with Crippen LogP contribution in [0.15, 0.2) is 10.5 Å². The third kappa shape index (κ3) is 1.88. The number of halogens is 2. The standard InChI is InChI=1S/C7H7BrClNO2/c1-12-7-5(8)2-4(3-11)6(9)10-7/h2,11H,3H2,1H3. The molecule has 0 aliphatic carbocycles. The second-order valence-corrected chi connectivity index (χ2v) is 3.30. The van der Waals surface area contributed by atoms with Crippen LogP contribution in [0.3, 0.4) is 0 Å². The smallest absolute Gasteiger partial charge is 0.229 e. The molecule has 12 heavy (non-hydrogen) atoms. The summed E-state index contributed by atoms with van der Waals surface area (Å²) in [6.45, 7) is -0.131. The van der Waals surface area contributed by atoms with Crippen molar-refractivity contribution >= 4 is 27.5 Å². The molecule has 3 nitrogen and oxygen atoms in total. The van der Waals surface area contributed by atoms with Crippen molar-refractivity contribution in [1.82, 2.24) is 4.98 Å². The zero-order chi connectivity index (χ0) is 9.14. The minimum absolute atomic E-state index is 0.131. The fourth-order valence-corrected chi connectivity index (χ4v) is 1.46. The molecule has 0 amide bonds. The lowest BCUT2D eigenvalue weighted by atomic mass is 10.3. The van der Waals surface area contributed by atoms with E-state index in [1.165, 1.54) is 7.11 Å². The van der Waals surface area contributed by atoms with E-state index in [0.717, 1.165) is 0 Å². The number of hydrogen-bond donors (Lipinski definition) is 1. The van der Waals surface area contributed by atoms with Gasteiger partial charge in [0.05, 0.1) is 18.2 Å². The second-order valence-electron chi connectivity index (χ2n) is 2.09. The number of rotatable bonds is 2. The highest BCUT2D eigenvalue weighted by Gasteiger charge is 2.07. The number of nitrogens with zero attached hydrogens (tertiary/aromatic N) is 1.